The summed E-state index contributed by atoms with van der Waals surface area (Å²) in [6, 6.07) is 5.27. The van der Waals surface area contributed by atoms with Crippen molar-refractivity contribution in [3.05, 3.63) is 40.9 Å². The Hall–Kier alpha value is -0.990. The zero-order chi connectivity index (χ0) is 9.26. The molecule has 2 nitrogen and oxygen atoms in total. The molecule has 0 bridgehead atoms. The molecule has 0 saturated heterocycles. The fourth-order valence-electron chi connectivity index (χ4n) is 0.972. The second-order valence-electron chi connectivity index (χ2n) is 2.45. The van der Waals surface area contributed by atoms with Crippen molar-refractivity contribution in [2.24, 2.45) is 0 Å². The molecule has 0 fully saturated rings. The Morgan fingerprint density at radius 2 is 2.08 bits per heavy atom. The lowest BCUT2D eigenvalue weighted by Crippen LogP contribution is -1.77. The van der Waals surface area contributed by atoms with Gasteiger partial charge in [-0.15, -0.1) is 0 Å². The van der Waals surface area contributed by atoms with Crippen LogP contribution < -0.4 is 0 Å². The van der Waals surface area contributed by atoms with Crippen LogP contribution in [0, 0.1) is 6.39 Å². The molecule has 0 aliphatic carbocycles. The molecule has 2 rings (SSSR count). The molecule has 1 aromatic carbocycles. The maximum absolute atomic E-state index is 5.83. The Kier molecular flexibility index (Phi) is 2.25. The average Bonchev–Trinajstić information content (AvgIpc) is 2.62. The summed E-state index contributed by atoms with van der Waals surface area (Å²) >= 11 is 11.6. The van der Waals surface area contributed by atoms with Gasteiger partial charge in [-0.1, -0.05) is 29.3 Å². The zero-order valence-corrected chi connectivity index (χ0v) is 7.93. The van der Waals surface area contributed by atoms with E-state index in [9.17, 15) is 0 Å². The third-order valence-electron chi connectivity index (χ3n) is 1.60. The van der Waals surface area contributed by atoms with E-state index in [1.54, 1.807) is 12.1 Å². The Morgan fingerprint density at radius 3 is 2.69 bits per heavy atom. The highest BCUT2D eigenvalue weighted by Crippen LogP contribution is 2.27. The minimum atomic E-state index is 0.502. The van der Waals surface area contributed by atoms with Crippen LogP contribution in [0.4, 0.5) is 0 Å². The van der Waals surface area contributed by atoms with Crippen LogP contribution in [0.15, 0.2) is 28.9 Å². The summed E-state index contributed by atoms with van der Waals surface area (Å²) in [5.74, 6) is 0. The number of hydrogen-bond donors (Lipinski definition) is 0. The summed E-state index contributed by atoms with van der Waals surface area (Å²) in [4.78, 5) is 3.86. The van der Waals surface area contributed by atoms with Gasteiger partial charge in [0.2, 0.25) is 0 Å². The quantitative estimate of drug-likeness (QED) is 0.724. The monoisotopic (exact) mass is 212 g/mol. The van der Waals surface area contributed by atoms with Crippen LogP contribution >= 0.6 is 23.2 Å². The lowest BCUT2D eigenvalue weighted by molar-refractivity contribution is 0.548. The molecule has 1 aromatic heterocycles. The minimum Gasteiger partial charge on any atom is -0.440 e. The molecule has 0 atom stereocenters. The van der Waals surface area contributed by atoms with E-state index in [4.69, 9.17) is 27.6 Å². The summed E-state index contributed by atoms with van der Waals surface area (Å²) < 4.78 is 4.73. The van der Waals surface area contributed by atoms with E-state index < -0.39 is 0 Å². The Labute approximate surface area is 85.1 Å². The van der Waals surface area contributed by atoms with Gasteiger partial charge in [-0.3, -0.25) is 0 Å². The van der Waals surface area contributed by atoms with Crippen LogP contribution in [0.25, 0.3) is 11.3 Å². The number of benzene rings is 1. The smallest absolute Gasteiger partial charge is 0.284 e. The van der Waals surface area contributed by atoms with Gasteiger partial charge in [0.05, 0.1) is 10.0 Å². The molecule has 65 valence electrons. The minimum absolute atomic E-state index is 0.502. The summed E-state index contributed by atoms with van der Waals surface area (Å²) in [6.07, 6.45) is 3.86. The van der Waals surface area contributed by atoms with Crippen molar-refractivity contribution in [2.75, 3.05) is 0 Å². The molecular weight excluding hydrogens is 209 g/mol. The normalized spacial score (nSPS) is 10.3. The van der Waals surface area contributed by atoms with Crippen LogP contribution in [-0.2, 0) is 0 Å². The van der Waals surface area contributed by atoms with Crippen molar-refractivity contribution in [2.45, 2.75) is 0 Å². The third-order valence-corrected chi connectivity index (χ3v) is 2.34. The van der Waals surface area contributed by atoms with E-state index >= 15 is 0 Å². The fraction of sp³-hybridized carbons (Fsp3) is 0. The van der Waals surface area contributed by atoms with Gasteiger partial charge < -0.3 is 4.42 Å². The highest BCUT2D eigenvalue weighted by Gasteiger charge is 2.03. The van der Waals surface area contributed by atoms with Crippen LogP contribution in [0.1, 0.15) is 0 Å². The van der Waals surface area contributed by atoms with Gasteiger partial charge in [0.1, 0.15) is 12.0 Å². The molecule has 0 spiro atoms. The number of aromatic nitrogens is 1. The Morgan fingerprint density at radius 1 is 1.23 bits per heavy atom. The standard InChI is InChI=1S/C9H4Cl2NO/c10-7-2-1-6(3-8(7)11)9-4-13-5-12-9/h1-4H. The van der Waals surface area contributed by atoms with Gasteiger partial charge in [0.15, 0.2) is 0 Å². The zero-order valence-electron chi connectivity index (χ0n) is 6.42. The number of rotatable bonds is 1. The first-order chi connectivity index (χ1) is 6.27. The molecule has 13 heavy (non-hydrogen) atoms. The molecule has 4 heteroatoms. The van der Waals surface area contributed by atoms with Crippen LogP contribution in [0.2, 0.25) is 10.0 Å². The highest BCUT2D eigenvalue weighted by molar-refractivity contribution is 6.42. The van der Waals surface area contributed by atoms with Crippen LogP contribution in [-0.4, -0.2) is 4.98 Å². The number of hydrogen-bond acceptors (Lipinski definition) is 2. The summed E-state index contributed by atoms with van der Waals surface area (Å²) in [5, 5.41) is 1.03. The van der Waals surface area contributed by atoms with Crippen molar-refractivity contribution >= 4 is 23.2 Å². The van der Waals surface area contributed by atoms with Crippen LogP contribution in [0.5, 0.6) is 0 Å². The van der Waals surface area contributed by atoms with E-state index in [-0.39, 0.29) is 0 Å². The molecule has 0 amide bonds. The van der Waals surface area contributed by atoms with E-state index in [2.05, 4.69) is 11.4 Å². The van der Waals surface area contributed by atoms with E-state index in [1.165, 1.54) is 6.26 Å². The van der Waals surface area contributed by atoms with Gasteiger partial charge in [-0.05, 0) is 12.1 Å². The SMILES string of the molecule is Clc1ccc(-c2co[c]n2)cc1Cl. The van der Waals surface area contributed by atoms with Gasteiger partial charge in [0.25, 0.3) is 6.39 Å². The molecular formula is C9H4Cl2NO. The number of halogens is 2. The predicted octanol–water partition coefficient (Wildman–Crippen LogP) is 3.45. The fourth-order valence-corrected chi connectivity index (χ4v) is 1.27. The van der Waals surface area contributed by atoms with Gasteiger partial charge in [-0.25, -0.2) is 4.98 Å². The summed E-state index contributed by atoms with van der Waals surface area (Å²) in [6.45, 7) is 0. The molecule has 2 aromatic rings. The van der Waals surface area contributed by atoms with E-state index in [0.717, 1.165) is 5.56 Å². The maximum Gasteiger partial charge on any atom is 0.284 e. The maximum atomic E-state index is 5.83. The molecule has 1 radical (unpaired) electrons. The number of oxazole rings is 1. The molecule has 0 aliphatic rings. The van der Waals surface area contributed by atoms with Crippen molar-refractivity contribution in [1.29, 1.82) is 0 Å². The van der Waals surface area contributed by atoms with Gasteiger partial charge in [0, 0.05) is 5.56 Å². The summed E-state index contributed by atoms with van der Waals surface area (Å²) in [7, 11) is 0. The van der Waals surface area contributed by atoms with E-state index in [0.29, 0.717) is 15.7 Å². The predicted molar refractivity (Wildman–Crippen MR) is 50.8 cm³/mol. The molecule has 0 N–H and O–H groups in total. The van der Waals surface area contributed by atoms with Crippen molar-refractivity contribution < 1.29 is 4.42 Å². The molecule has 0 unspecified atom stereocenters. The molecule has 0 saturated carbocycles. The van der Waals surface area contributed by atoms with Crippen LogP contribution in [0.3, 0.4) is 0 Å². The first-order valence-corrected chi connectivity index (χ1v) is 4.30. The second kappa shape index (κ2) is 3.40. The first kappa shape index (κ1) is 8.60. The Bertz CT molecular complexity index is 412. The van der Waals surface area contributed by atoms with Crippen molar-refractivity contribution in [3.63, 3.8) is 0 Å². The van der Waals surface area contributed by atoms with E-state index in [1.807, 2.05) is 6.07 Å². The first-order valence-electron chi connectivity index (χ1n) is 3.54. The van der Waals surface area contributed by atoms with Crippen molar-refractivity contribution in [3.8, 4) is 11.3 Å². The Balaban J connectivity index is 2.49. The lowest BCUT2D eigenvalue weighted by atomic mass is 10.2. The average molecular weight is 213 g/mol. The largest absolute Gasteiger partial charge is 0.440 e. The third kappa shape index (κ3) is 1.69. The lowest BCUT2D eigenvalue weighted by Gasteiger charge is -1.97. The topological polar surface area (TPSA) is 26.0 Å². The van der Waals surface area contributed by atoms with Crippen molar-refractivity contribution in [1.82, 2.24) is 4.98 Å². The summed E-state index contributed by atoms with van der Waals surface area (Å²) in [5.41, 5.74) is 1.55. The highest BCUT2D eigenvalue weighted by atomic mass is 35.5. The second-order valence-corrected chi connectivity index (χ2v) is 3.27. The van der Waals surface area contributed by atoms with Gasteiger partial charge in [-0.2, -0.15) is 0 Å². The molecule has 1 heterocycles. The van der Waals surface area contributed by atoms with Gasteiger partial charge >= 0.3 is 0 Å². The molecule has 0 aliphatic heterocycles. The number of nitrogens with zero attached hydrogens (tertiary/aromatic N) is 1.